The molecule has 0 radical (unpaired) electrons. The van der Waals surface area contributed by atoms with Crippen molar-refractivity contribution in [2.24, 2.45) is 0 Å². The molecular formula is C24H20ClNO6. The summed E-state index contributed by atoms with van der Waals surface area (Å²) in [6.45, 7) is -0.0296. The Balaban J connectivity index is 1.75. The number of ether oxygens (including phenoxy) is 3. The molecule has 2 aliphatic rings. The SMILES string of the molecule is COc1cc(C2C3=C(COC3=O)Cc3onc(-c4ccc(Cl)cc4)c32)cc(CO)c1OC. The lowest BCUT2D eigenvalue weighted by molar-refractivity contribution is -0.136. The number of aliphatic hydroxyl groups excluding tert-OH is 1. The van der Waals surface area contributed by atoms with Crippen molar-refractivity contribution in [1.82, 2.24) is 5.16 Å². The Morgan fingerprint density at radius 2 is 1.97 bits per heavy atom. The van der Waals surface area contributed by atoms with Crippen LogP contribution < -0.4 is 9.47 Å². The maximum Gasteiger partial charge on any atom is 0.335 e. The average molecular weight is 454 g/mol. The molecule has 0 amide bonds. The molecule has 1 atom stereocenters. The maximum absolute atomic E-state index is 12.8. The van der Waals surface area contributed by atoms with Crippen molar-refractivity contribution in [2.45, 2.75) is 18.9 Å². The van der Waals surface area contributed by atoms with Gasteiger partial charge in [0.15, 0.2) is 11.5 Å². The molecule has 7 nitrogen and oxygen atoms in total. The summed E-state index contributed by atoms with van der Waals surface area (Å²) < 4.78 is 22.1. The summed E-state index contributed by atoms with van der Waals surface area (Å²) in [4.78, 5) is 12.8. The van der Waals surface area contributed by atoms with Crippen molar-refractivity contribution >= 4 is 17.6 Å². The minimum Gasteiger partial charge on any atom is -0.493 e. The van der Waals surface area contributed by atoms with Crippen molar-refractivity contribution in [1.29, 1.82) is 0 Å². The topological polar surface area (TPSA) is 91.0 Å². The number of cyclic esters (lactones) is 1. The van der Waals surface area contributed by atoms with Gasteiger partial charge in [-0.3, -0.25) is 0 Å². The second-order valence-electron chi connectivity index (χ2n) is 7.65. The molecule has 164 valence electrons. The fraction of sp³-hybridized carbons (Fsp3) is 0.250. The summed E-state index contributed by atoms with van der Waals surface area (Å²) in [5, 5.41) is 14.9. The highest BCUT2D eigenvalue weighted by molar-refractivity contribution is 6.30. The zero-order chi connectivity index (χ0) is 22.4. The molecule has 1 N–H and O–H groups in total. The van der Waals surface area contributed by atoms with E-state index in [1.165, 1.54) is 14.2 Å². The Labute approximate surface area is 189 Å². The number of nitrogens with zero attached hydrogens (tertiary/aromatic N) is 1. The van der Waals surface area contributed by atoms with Crippen LogP contribution in [0.3, 0.4) is 0 Å². The number of methoxy groups -OCH3 is 2. The molecule has 8 heteroatoms. The number of benzene rings is 2. The molecule has 5 rings (SSSR count). The highest BCUT2D eigenvalue weighted by Crippen LogP contribution is 2.49. The van der Waals surface area contributed by atoms with Crippen molar-refractivity contribution < 1.29 is 28.6 Å². The van der Waals surface area contributed by atoms with Crippen molar-refractivity contribution in [3.63, 3.8) is 0 Å². The standard InChI is InChI=1S/C24H20ClNO6/c1-29-18-8-13(7-14(10-27)23(18)30-2)19-20-15(11-31-24(20)28)9-17-21(19)22(26-32-17)12-3-5-16(25)6-4-12/h3-8,19,27H,9-11H2,1-2H3. The lowest BCUT2D eigenvalue weighted by atomic mass is 9.76. The number of halogens is 1. The molecule has 1 aliphatic heterocycles. The van der Waals surface area contributed by atoms with Crippen LogP contribution in [0.4, 0.5) is 0 Å². The third kappa shape index (κ3) is 3.16. The number of hydrogen-bond acceptors (Lipinski definition) is 7. The van der Waals surface area contributed by atoms with Crippen LogP contribution in [-0.4, -0.2) is 37.1 Å². The van der Waals surface area contributed by atoms with Crippen LogP contribution in [0, 0.1) is 0 Å². The maximum atomic E-state index is 12.8. The minimum absolute atomic E-state index is 0.223. The van der Waals surface area contributed by atoms with Crippen LogP contribution in [0.15, 0.2) is 52.1 Å². The second-order valence-corrected chi connectivity index (χ2v) is 8.09. The van der Waals surface area contributed by atoms with E-state index in [0.29, 0.717) is 45.5 Å². The number of aromatic nitrogens is 1. The molecule has 2 aromatic carbocycles. The first-order chi connectivity index (χ1) is 15.5. The van der Waals surface area contributed by atoms with Crippen LogP contribution in [-0.2, 0) is 22.6 Å². The zero-order valence-corrected chi connectivity index (χ0v) is 18.2. The van der Waals surface area contributed by atoms with Gasteiger partial charge in [0, 0.05) is 34.1 Å². The van der Waals surface area contributed by atoms with Gasteiger partial charge in [0.25, 0.3) is 0 Å². The normalized spacial score (nSPS) is 17.1. The summed E-state index contributed by atoms with van der Waals surface area (Å²) in [7, 11) is 3.05. The van der Waals surface area contributed by atoms with Crippen LogP contribution in [0.25, 0.3) is 11.3 Å². The van der Waals surface area contributed by atoms with Gasteiger partial charge in [-0.05, 0) is 35.4 Å². The molecule has 0 spiro atoms. The van der Waals surface area contributed by atoms with Crippen LogP contribution in [0.2, 0.25) is 5.02 Å². The van der Waals surface area contributed by atoms with Gasteiger partial charge < -0.3 is 23.8 Å². The van der Waals surface area contributed by atoms with E-state index in [0.717, 1.165) is 22.3 Å². The van der Waals surface area contributed by atoms with E-state index in [1.807, 2.05) is 24.3 Å². The highest BCUT2D eigenvalue weighted by atomic mass is 35.5. The largest absolute Gasteiger partial charge is 0.493 e. The molecule has 2 heterocycles. The van der Waals surface area contributed by atoms with Gasteiger partial charge in [0.2, 0.25) is 0 Å². The van der Waals surface area contributed by atoms with Crippen molar-refractivity contribution in [2.75, 3.05) is 20.8 Å². The quantitative estimate of drug-likeness (QED) is 0.583. The fourth-order valence-corrected chi connectivity index (χ4v) is 4.64. The Kier molecular flexibility index (Phi) is 5.15. The minimum atomic E-state index is -0.495. The summed E-state index contributed by atoms with van der Waals surface area (Å²) >= 11 is 6.07. The van der Waals surface area contributed by atoms with Crippen molar-refractivity contribution in [3.8, 4) is 22.8 Å². The van der Waals surface area contributed by atoms with Gasteiger partial charge in [-0.25, -0.2) is 4.79 Å². The van der Waals surface area contributed by atoms with E-state index in [-0.39, 0.29) is 19.2 Å². The molecule has 32 heavy (non-hydrogen) atoms. The molecule has 0 bridgehead atoms. The fourth-order valence-electron chi connectivity index (χ4n) is 4.52. The number of aliphatic hydroxyl groups is 1. The first-order valence-corrected chi connectivity index (χ1v) is 10.4. The van der Waals surface area contributed by atoms with E-state index >= 15 is 0 Å². The lowest BCUT2D eigenvalue weighted by Crippen LogP contribution is -2.18. The van der Waals surface area contributed by atoms with E-state index < -0.39 is 5.92 Å². The predicted octanol–water partition coefficient (Wildman–Crippen LogP) is 4.05. The zero-order valence-electron chi connectivity index (χ0n) is 17.5. The average Bonchev–Trinajstić information content (AvgIpc) is 3.40. The van der Waals surface area contributed by atoms with E-state index in [4.69, 9.17) is 30.3 Å². The molecule has 0 saturated heterocycles. The van der Waals surface area contributed by atoms with Gasteiger partial charge in [-0.15, -0.1) is 0 Å². The molecular weight excluding hydrogens is 434 g/mol. The third-order valence-corrected chi connectivity index (χ3v) is 6.18. The number of esters is 1. The Hall–Kier alpha value is -3.29. The number of carbonyl (C=O) groups excluding carboxylic acids is 1. The molecule has 1 aliphatic carbocycles. The molecule has 3 aromatic rings. The Bertz CT molecular complexity index is 1220. The number of fused-ring (bicyclic) bond motifs is 1. The van der Waals surface area contributed by atoms with Gasteiger partial charge >= 0.3 is 5.97 Å². The lowest BCUT2D eigenvalue weighted by Gasteiger charge is -2.25. The Morgan fingerprint density at radius 3 is 2.66 bits per heavy atom. The van der Waals surface area contributed by atoms with Gasteiger partial charge in [0.1, 0.15) is 18.1 Å². The van der Waals surface area contributed by atoms with Gasteiger partial charge in [-0.1, -0.05) is 28.9 Å². The first-order valence-electron chi connectivity index (χ1n) is 10.0. The van der Waals surface area contributed by atoms with Gasteiger partial charge in [-0.2, -0.15) is 0 Å². The summed E-state index contributed by atoms with van der Waals surface area (Å²) in [6, 6.07) is 10.9. The Morgan fingerprint density at radius 1 is 1.19 bits per heavy atom. The second kappa shape index (κ2) is 8.00. The molecule has 0 saturated carbocycles. The van der Waals surface area contributed by atoms with Crippen LogP contribution >= 0.6 is 11.6 Å². The number of carbonyl (C=O) groups is 1. The van der Waals surface area contributed by atoms with Crippen molar-refractivity contribution in [3.05, 3.63) is 75.0 Å². The summed E-state index contributed by atoms with van der Waals surface area (Å²) in [5.41, 5.74) is 4.99. The molecule has 1 unspecified atom stereocenters. The summed E-state index contributed by atoms with van der Waals surface area (Å²) in [5.74, 6) is 0.725. The van der Waals surface area contributed by atoms with E-state index in [1.54, 1.807) is 12.1 Å². The van der Waals surface area contributed by atoms with E-state index in [2.05, 4.69) is 5.16 Å². The number of hydrogen-bond donors (Lipinski definition) is 1. The van der Waals surface area contributed by atoms with Crippen LogP contribution in [0.1, 0.15) is 28.4 Å². The smallest absolute Gasteiger partial charge is 0.335 e. The van der Waals surface area contributed by atoms with Gasteiger partial charge in [0.05, 0.1) is 26.4 Å². The molecule has 1 aromatic heterocycles. The predicted molar refractivity (Wildman–Crippen MR) is 116 cm³/mol. The molecule has 0 fully saturated rings. The van der Waals surface area contributed by atoms with Crippen LogP contribution in [0.5, 0.6) is 11.5 Å². The highest BCUT2D eigenvalue weighted by Gasteiger charge is 2.42. The monoisotopic (exact) mass is 453 g/mol. The summed E-state index contributed by atoms with van der Waals surface area (Å²) in [6.07, 6.45) is 0.452. The number of rotatable bonds is 5. The van der Waals surface area contributed by atoms with E-state index in [9.17, 15) is 9.90 Å². The first kappa shape index (κ1) is 20.6. The third-order valence-electron chi connectivity index (χ3n) is 5.93.